The van der Waals surface area contributed by atoms with Gasteiger partial charge in [0.15, 0.2) is 0 Å². The van der Waals surface area contributed by atoms with Gasteiger partial charge in [-0.2, -0.15) is 0 Å². The summed E-state index contributed by atoms with van der Waals surface area (Å²) in [5.41, 5.74) is -1.11. The highest BCUT2D eigenvalue weighted by molar-refractivity contribution is 6.74. The van der Waals surface area contributed by atoms with Crippen LogP contribution in [0.15, 0.2) is 0 Å². The van der Waals surface area contributed by atoms with Crippen LogP contribution in [0.2, 0.25) is 0 Å². The first kappa shape index (κ1) is 11.0. The van der Waals surface area contributed by atoms with Crippen LogP contribution in [0.1, 0.15) is 32.6 Å². The minimum atomic E-state index is -1.11. The fourth-order valence-electron chi connectivity index (χ4n) is 2.01. The van der Waals surface area contributed by atoms with Gasteiger partial charge in [0, 0.05) is 0 Å². The first-order chi connectivity index (χ1) is 6.01. The van der Waals surface area contributed by atoms with Crippen molar-refractivity contribution in [2.45, 2.75) is 32.6 Å². The van der Waals surface area contributed by atoms with Crippen LogP contribution in [0.25, 0.3) is 0 Å². The van der Waals surface area contributed by atoms with E-state index >= 15 is 0 Å². The number of halogens is 2. The third-order valence-electron chi connectivity index (χ3n) is 3.00. The second kappa shape index (κ2) is 3.97. The lowest BCUT2D eigenvalue weighted by Gasteiger charge is -2.36. The van der Waals surface area contributed by atoms with Crippen molar-refractivity contribution in [1.29, 1.82) is 0 Å². The van der Waals surface area contributed by atoms with Gasteiger partial charge in [-0.05, 0) is 42.0 Å². The van der Waals surface area contributed by atoms with E-state index < -0.39 is 15.9 Å². The SMILES string of the molecule is CC1CCCCC1(C(=O)Cl)C(=O)Cl. The van der Waals surface area contributed by atoms with E-state index in [9.17, 15) is 9.59 Å². The highest BCUT2D eigenvalue weighted by atomic mass is 35.5. The molecule has 1 saturated carbocycles. The highest BCUT2D eigenvalue weighted by Crippen LogP contribution is 2.44. The quantitative estimate of drug-likeness (QED) is 0.532. The van der Waals surface area contributed by atoms with Crippen LogP contribution < -0.4 is 0 Å². The van der Waals surface area contributed by atoms with Crippen LogP contribution in [0.4, 0.5) is 0 Å². The van der Waals surface area contributed by atoms with Gasteiger partial charge in [0.2, 0.25) is 10.5 Å². The molecule has 0 aliphatic heterocycles. The Balaban J connectivity index is 3.00. The van der Waals surface area contributed by atoms with E-state index in [1.807, 2.05) is 6.92 Å². The van der Waals surface area contributed by atoms with Crippen molar-refractivity contribution >= 4 is 33.7 Å². The molecule has 0 saturated heterocycles. The molecule has 1 atom stereocenters. The third-order valence-corrected chi connectivity index (χ3v) is 3.68. The Morgan fingerprint density at radius 2 is 1.77 bits per heavy atom. The Bertz CT molecular complexity index is 224. The second-order valence-electron chi connectivity index (χ2n) is 3.67. The summed E-state index contributed by atoms with van der Waals surface area (Å²) in [6.07, 6.45) is 3.23. The molecule has 0 amide bonds. The summed E-state index contributed by atoms with van der Waals surface area (Å²) in [5, 5.41) is -1.19. The third kappa shape index (κ3) is 1.75. The topological polar surface area (TPSA) is 34.1 Å². The summed E-state index contributed by atoms with van der Waals surface area (Å²) in [7, 11) is 0. The molecule has 1 rings (SSSR count). The Hall–Kier alpha value is -0.0800. The lowest BCUT2D eigenvalue weighted by Crippen LogP contribution is -2.42. The number of rotatable bonds is 2. The molecule has 13 heavy (non-hydrogen) atoms. The van der Waals surface area contributed by atoms with Crippen molar-refractivity contribution in [2.75, 3.05) is 0 Å². The summed E-state index contributed by atoms with van der Waals surface area (Å²) >= 11 is 10.9. The first-order valence-corrected chi connectivity index (χ1v) is 5.17. The molecule has 0 aromatic carbocycles. The van der Waals surface area contributed by atoms with Crippen molar-refractivity contribution in [1.82, 2.24) is 0 Å². The van der Waals surface area contributed by atoms with Crippen LogP contribution in [0.3, 0.4) is 0 Å². The number of hydrogen-bond donors (Lipinski definition) is 0. The monoisotopic (exact) mass is 222 g/mol. The smallest absolute Gasteiger partial charge is 0.236 e. The minimum Gasteiger partial charge on any atom is -0.280 e. The second-order valence-corrected chi connectivity index (χ2v) is 4.35. The standard InChI is InChI=1S/C9H12Cl2O2/c1-6-4-2-3-5-9(6,7(10)12)8(11)13/h6H,2-5H2,1H3. The predicted octanol–water partition coefficient (Wildman–Crippen LogP) is 2.71. The van der Waals surface area contributed by atoms with Crippen molar-refractivity contribution in [3.8, 4) is 0 Å². The largest absolute Gasteiger partial charge is 0.280 e. The molecule has 2 nitrogen and oxygen atoms in total. The van der Waals surface area contributed by atoms with E-state index in [2.05, 4.69) is 0 Å². The van der Waals surface area contributed by atoms with Gasteiger partial charge in [-0.25, -0.2) is 0 Å². The molecule has 74 valence electrons. The van der Waals surface area contributed by atoms with Gasteiger partial charge in [0.05, 0.1) is 0 Å². The molecule has 0 spiro atoms. The molecule has 0 heterocycles. The number of hydrogen-bond acceptors (Lipinski definition) is 2. The van der Waals surface area contributed by atoms with Crippen LogP contribution >= 0.6 is 23.2 Å². The molecule has 0 bridgehead atoms. The maximum atomic E-state index is 11.2. The molecular formula is C9H12Cl2O2. The van der Waals surface area contributed by atoms with Crippen LogP contribution in [0, 0.1) is 11.3 Å². The zero-order chi connectivity index (χ0) is 10.1. The van der Waals surface area contributed by atoms with Crippen molar-refractivity contribution in [3.05, 3.63) is 0 Å². The highest BCUT2D eigenvalue weighted by Gasteiger charge is 2.49. The van der Waals surface area contributed by atoms with E-state index in [0.717, 1.165) is 19.3 Å². The molecule has 1 aliphatic carbocycles. The number of carbonyl (C=O) groups excluding carboxylic acids is 2. The number of carbonyl (C=O) groups is 2. The lowest BCUT2D eigenvalue weighted by atomic mass is 9.68. The van der Waals surface area contributed by atoms with E-state index in [4.69, 9.17) is 23.2 Å². The van der Waals surface area contributed by atoms with E-state index in [0.29, 0.717) is 6.42 Å². The van der Waals surface area contributed by atoms with Gasteiger partial charge >= 0.3 is 0 Å². The summed E-state index contributed by atoms with van der Waals surface area (Å²) in [5.74, 6) is -0.0313. The zero-order valence-corrected chi connectivity index (χ0v) is 8.99. The first-order valence-electron chi connectivity index (χ1n) is 4.41. The average molecular weight is 223 g/mol. The van der Waals surface area contributed by atoms with Gasteiger partial charge in [0.1, 0.15) is 5.41 Å². The van der Waals surface area contributed by atoms with E-state index in [1.54, 1.807) is 0 Å². The van der Waals surface area contributed by atoms with Crippen molar-refractivity contribution in [3.63, 3.8) is 0 Å². The molecule has 4 heteroatoms. The Labute approximate surface area is 87.6 Å². The van der Waals surface area contributed by atoms with Gasteiger partial charge in [-0.3, -0.25) is 9.59 Å². The summed E-state index contributed by atoms with van der Waals surface area (Å²) in [6.45, 7) is 1.86. The predicted molar refractivity (Wildman–Crippen MR) is 51.8 cm³/mol. The van der Waals surface area contributed by atoms with Crippen LogP contribution in [-0.2, 0) is 9.59 Å². The minimum absolute atomic E-state index is 0.0313. The molecule has 0 radical (unpaired) electrons. The van der Waals surface area contributed by atoms with Gasteiger partial charge in [-0.15, -0.1) is 0 Å². The fourth-order valence-corrected chi connectivity index (χ4v) is 2.79. The Morgan fingerprint density at radius 1 is 1.23 bits per heavy atom. The molecule has 1 aliphatic rings. The van der Waals surface area contributed by atoms with E-state index in [-0.39, 0.29) is 5.92 Å². The van der Waals surface area contributed by atoms with Gasteiger partial charge < -0.3 is 0 Å². The van der Waals surface area contributed by atoms with Gasteiger partial charge in [0.25, 0.3) is 0 Å². The Morgan fingerprint density at radius 3 is 2.08 bits per heavy atom. The molecule has 1 fully saturated rings. The lowest BCUT2D eigenvalue weighted by molar-refractivity contribution is -0.136. The molecule has 1 unspecified atom stereocenters. The molecule has 0 aromatic heterocycles. The fraction of sp³-hybridized carbons (Fsp3) is 0.778. The normalized spacial score (nSPS) is 26.8. The summed E-state index contributed by atoms with van der Waals surface area (Å²) in [6, 6.07) is 0. The maximum Gasteiger partial charge on any atom is 0.236 e. The molecule has 0 N–H and O–H groups in total. The van der Waals surface area contributed by atoms with Crippen molar-refractivity contribution in [2.24, 2.45) is 11.3 Å². The van der Waals surface area contributed by atoms with E-state index in [1.165, 1.54) is 0 Å². The summed E-state index contributed by atoms with van der Waals surface area (Å²) in [4.78, 5) is 22.5. The van der Waals surface area contributed by atoms with Gasteiger partial charge in [-0.1, -0.05) is 19.8 Å². The Kier molecular flexibility index (Phi) is 3.36. The van der Waals surface area contributed by atoms with Crippen LogP contribution in [-0.4, -0.2) is 10.5 Å². The summed E-state index contributed by atoms with van der Waals surface area (Å²) < 4.78 is 0. The zero-order valence-electron chi connectivity index (χ0n) is 7.48. The molecular weight excluding hydrogens is 211 g/mol. The average Bonchev–Trinajstić information content (AvgIpc) is 2.04. The van der Waals surface area contributed by atoms with Crippen LogP contribution in [0.5, 0.6) is 0 Å². The molecule has 0 aromatic rings. The maximum absolute atomic E-state index is 11.2. The van der Waals surface area contributed by atoms with Crippen molar-refractivity contribution < 1.29 is 9.59 Å².